The number of carboxylic acid groups (broad SMARTS) is 2. The zero-order valence-corrected chi connectivity index (χ0v) is 21.4. The molecule has 0 saturated carbocycles. The molecule has 36 heavy (non-hydrogen) atoms. The van der Waals surface area contributed by atoms with Crippen molar-refractivity contribution in [1.82, 2.24) is 15.3 Å². The summed E-state index contributed by atoms with van der Waals surface area (Å²) in [7, 11) is 1.67. The van der Waals surface area contributed by atoms with Crippen LogP contribution in [-0.4, -0.2) is 97.8 Å². The van der Waals surface area contributed by atoms with E-state index in [1.54, 1.807) is 24.1 Å². The molecule has 16 heteroatoms. The summed E-state index contributed by atoms with van der Waals surface area (Å²) in [5.41, 5.74) is 5.93. The molecule has 2 aromatic rings. The second-order valence-corrected chi connectivity index (χ2v) is 7.77. The van der Waals surface area contributed by atoms with Crippen LogP contribution in [0.25, 0.3) is 0 Å². The first-order valence-electron chi connectivity index (χ1n) is 10.4. The van der Waals surface area contributed by atoms with E-state index in [1.807, 2.05) is 0 Å². The quantitative estimate of drug-likeness (QED) is 0.177. The number of H-pyrrole nitrogens is 1. The summed E-state index contributed by atoms with van der Waals surface area (Å²) in [6.45, 7) is 0.417. The van der Waals surface area contributed by atoms with Gasteiger partial charge in [0, 0.05) is 30.8 Å². The zero-order valence-electron chi connectivity index (χ0n) is 19.2. The number of aromatic amines is 1. The van der Waals surface area contributed by atoms with E-state index >= 15 is 0 Å². The molecule has 1 aliphatic rings. The fourth-order valence-corrected chi connectivity index (χ4v) is 3.56. The van der Waals surface area contributed by atoms with E-state index in [-0.39, 0.29) is 86.3 Å². The Labute approximate surface area is 234 Å². The summed E-state index contributed by atoms with van der Waals surface area (Å²) >= 11 is 0. The number of amides is 1. The first-order valence-corrected chi connectivity index (χ1v) is 10.4. The van der Waals surface area contributed by atoms with Crippen molar-refractivity contribution < 1.29 is 24.6 Å². The monoisotopic (exact) mass is 526 g/mol. The molecule has 0 fully saturated rings. The van der Waals surface area contributed by atoms with Crippen molar-refractivity contribution in [1.29, 1.82) is 0 Å². The number of carboxylic acids is 2. The Hall–Kier alpha value is -3.43. The smallest absolute Gasteiger partial charge is 0.550 e. The number of fused-ring (bicyclic) bond motifs is 1. The molecule has 3 rings (SSSR count). The molecule has 2 atom stereocenters. The molecular formula is C20H22CaN8O7. The van der Waals surface area contributed by atoms with Crippen LogP contribution in [0.3, 0.4) is 0 Å². The van der Waals surface area contributed by atoms with Gasteiger partial charge in [-0.05, 0) is 37.1 Å². The summed E-state index contributed by atoms with van der Waals surface area (Å²) < 4.78 is 0. The molecule has 1 aromatic heterocycles. The number of likely N-dealkylation sites (N-methyl/N-ethyl adjacent to an activating group) is 1. The Morgan fingerprint density at radius 3 is 2.53 bits per heavy atom. The van der Waals surface area contributed by atoms with Crippen LogP contribution in [0.5, 0.6) is 0 Å². The molecule has 2 heterocycles. The summed E-state index contributed by atoms with van der Waals surface area (Å²) in [6, 6.07) is 4.20. The zero-order chi connectivity index (χ0) is 25.7. The molecule has 15 nitrogen and oxygen atoms in total. The number of aliphatic carboxylic acids is 2. The largest absolute Gasteiger partial charge is 2.00 e. The number of hydrogen-bond donors (Lipinski definition) is 4. The van der Waals surface area contributed by atoms with Gasteiger partial charge < -0.3 is 41.1 Å². The van der Waals surface area contributed by atoms with Crippen molar-refractivity contribution in [2.45, 2.75) is 24.9 Å². The molecular weight excluding hydrogens is 504 g/mol. The number of carbonyl (C=O) groups excluding carboxylic acids is 3. The molecule has 0 saturated heterocycles. The minimum Gasteiger partial charge on any atom is -0.550 e. The van der Waals surface area contributed by atoms with Gasteiger partial charge in [0.1, 0.15) is 5.69 Å². The first kappa shape index (κ1) is 28.8. The molecule has 186 valence electrons. The van der Waals surface area contributed by atoms with Crippen LogP contribution in [0.4, 0.5) is 23.1 Å². The van der Waals surface area contributed by atoms with E-state index in [2.05, 4.69) is 25.9 Å². The van der Waals surface area contributed by atoms with Gasteiger partial charge >= 0.3 is 37.7 Å². The van der Waals surface area contributed by atoms with Crippen molar-refractivity contribution >= 4 is 78.7 Å². The maximum absolute atomic E-state index is 12.4. The molecule has 1 unspecified atom stereocenters. The third kappa shape index (κ3) is 6.83. The van der Waals surface area contributed by atoms with Crippen LogP contribution in [-0.2, 0) is 9.59 Å². The van der Waals surface area contributed by atoms with E-state index < -0.39 is 35.9 Å². The number of nitrogens with two attached hydrogens (primary N) is 1. The molecule has 1 aliphatic heterocycles. The van der Waals surface area contributed by atoms with Crippen LogP contribution in [0, 0.1) is 4.91 Å². The van der Waals surface area contributed by atoms with Gasteiger partial charge in [-0.15, -0.1) is 4.91 Å². The van der Waals surface area contributed by atoms with Gasteiger partial charge in [-0.3, -0.25) is 14.6 Å². The first-order chi connectivity index (χ1) is 16.6. The fourth-order valence-electron chi connectivity index (χ4n) is 3.56. The normalized spacial score (nSPS) is 15.2. The number of hydrogen-bond acceptors (Lipinski definition) is 12. The minimum atomic E-state index is -1.60. The van der Waals surface area contributed by atoms with Gasteiger partial charge in [-0.2, -0.15) is 4.98 Å². The Balaban J connectivity index is 0.00000456. The standard InChI is InChI=1S/C20H24N8O7.Ca/c1-27-12(9-28(26-35)16-15(27)18(32)25-20(21)24-16)8-22-11-4-2-10(3-5-11)17(31)23-13(19(33)34)6-7-14(29)30;/h2-5,12-13,22H,6-9H2,1H3,(H,23,31)(H,29,30)(H,33,34)(H3,21,24,25,32);/q;+2/p-2/t12-,13?;/m0./s1. The maximum atomic E-state index is 12.4. The number of anilines is 4. The van der Waals surface area contributed by atoms with Gasteiger partial charge in [0.25, 0.3) is 11.5 Å². The number of aromatic nitrogens is 2. The number of nitrogens with zero attached hydrogens (tertiary/aromatic N) is 4. The second kappa shape index (κ2) is 12.5. The summed E-state index contributed by atoms with van der Waals surface area (Å²) in [5, 5.41) is 31.0. The van der Waals surface area contributed by atoms with Crippen LogP contribution < -0.4 is 42.0 Å². The molecule has 1 amide bonds. The number of benzene rings is 1. The van der Waals surface area contributed by atoms with E-state index in [4.69, 9.17) is 5.73 Å². The number of nitroso groups, excluding NO2 is 1. The van der Waals surface area contributed by atoms with Crippen LogP contribution in [0.15, 0.2) is 34.3 Å². The number of carbonyl (C=O) groups is 3. The Bertz CT molecular complexity index is 1190. The van der Waals surface area contributed by atoms with Gasteiger partial charge in [0.05, 0.1) is 29.9 Å². The van der Waals surface area contributed by atoms with Gasteiger partial charge in [0.2, 0.25) is 5.95 Å². The molecule has 0 aliphatic carbocycles. The van der Waals surface area contributed by atoms with E-state index in [1.165, 1.54) is 12.1 Å². The molecule has 0 spiro atoms. The fraction of sp³-hybridized carbons (Fsp3) is 0.350. The van der Waals surface area contributed by atoms with Crippen LogP contribution in [0.1, 0.15) is 23.2 Å². The SMILES string of the molecule is CN1c2c(nc(N)[nH]c2=O)N(N=O)C[C@@H]1CNc1ccc(C(=O)NC(CCC(=O)[O-])C(=O)[O-])cc1.[Ca+2]. The second-order valence-electron chi connectivity index (χ2n) is 7.77. The average Bonchev–Trinajstić information content (AvgIpc) is 2.80. The van der Waals surface area contributed by atoms with Gasteiger partial charge in [0.15, 0.2) is 5.82 Å². The van der Waals surface area contributed by atoms with Crippen molar-refractivity contribution in [3.05, 3.63) is 45.1 Å². The summed E-state index contributed by atoms with van der Waals surface area (Å²) in [4.78, 5) is 65.7. The van der Waals surface area contributed by atoms with E-state index in [9.17, 15) is 34.3 Å². The van der Waals surface area contributed by atoms with Crippen molar-refractivity contribution in [2.75, 3.05) is 41.1 Å². The van der Waals surface area contributed by atoms with Crippen LogP contribution >= 0.6 is 0 Å². The van der Waals surface area contributed by atoms with Crippen molar-refractivity contribution in [2.24, 2.45) is 5.29 Å². The van der Waals surface area contributed by atoms with E-state index in [0.717, 1.165) is 5.01 Å². The minimum absolute atomic E-state index is 0. The van der Waals surface area contributed by atoms with Crippen LogP contribution in [0.2, 0.25) is 0 Å². The number of nitrogen functional groups attached to an aromatic ring is 1. The van der Waals surface area contributed by atoms with Crippen molar-refractivity contribution in [3.8, 4) is 0 Å². The van der Waals surface area contributed by atoms with Gasteiger partial charge in [-0.1, -0.05) is 0 Å². The number of rotatable bonds is 10. The predicted molar refractivity (Wildman–Crippen MR) is 126 cm³/mol. The Kier molecular flexibility index (Phi) is 10.0. The number of nitrogens with one attached hydrogen (secondary N) is 3. The third-order valence-corrected chi connectivity index (χ3v) is 5.44. The molecule has 0 radical (unpaired) electrons. The maximum Gasteiger partial charge on any atom is 2.00 e. The van der Waals surface area contributed by atoms with E-state index in [0.29, 0.717) is 5.69 Å². The van der Waals surface area contributed by atoms with Gasteiger partial charge in [-0.25, -0.2) is 5.01 Å². The third-order valence-electron chi connectivity index (χ3n) is 5.44. The average molecular weight is 527 g/mol. The molecule has 0 bridgehead atoms. The summed E-state index contributed by atoms with van der Waals surface area (Å²) in [6.07, 6.45) is -0.917. The topological polar surface area (TPSA) is 229 Å². The Morgan fingerprint density at radius 1 is 1.28 bits per heavy atom. The van der Waals surface area contributed by atoms with Crippen molar-refractivity contribution in [3.63, 3.8) is 0 Å². The molecule has 1 aromatic carbocycles. The predicted octanol–water partition coefficient (Wildman–Crippen LogP) is -3.23. The Morgan fingerprint density at radius 2 is 1.94 bits per heavy atom. The molecule has 5 N–H and O–H groups in total. The summed E-state index contributed by atoms with van der Waals surface area (Å²) in [5.74, 6) is -3.84.